The number of H-pyrrole nitrogens is 1. The lowest BCUT2D eigenvalue weighted by molar-refractivity contribution is 0.179. The van der Waals surface area contributed by atoms with Crippen molar-refractivity contribution in [1.82, 2.24) is 19.9 Å². The number of fused-ring (bicyclic) bond motifs is 1. The molecule has 38 heavy (non-hydrogen) atoms. The summed E-state index contributed by atoms with van der Waals surface area (Å²) in [6.45, 7) is 1.15. The summed E-state index contributed by atoms with van der Waals surface area (Å²) in [7, 11) is 2.22. The first kappa shape index (κ1) is 24.9. The highest BCUT2D eigenvalue weighted by Crippen LogP contribution is 2.43. The van der Waals surface area contributed by atoms with Gasteiger partial charge in [-0.05, 0) is 81.6 Å². The number of aromatic nitrogens is 3. The fraction of sp³-hybridized carbons (Fsp3) is 0.345. The Balaban J connectivity index is 1.22. The summed E-state index contributed by atoms with van der Waals surface area (Å²) in [5, 5.41) is 4.56. The highest BCUT2D eigenvalue weighted by Gasteiger charge is 2.44. The van der Waals surface area contributed by atoms with Crippen LogP contribution in [0, 0.1) is 11.6 Å². The minimum absolute atomic E-state index is 0.259. The van der Waals surface area contributed by atoms with Crippen molar-refractivity contribution in [1.29, 1.82) is 0 Å². The first-order chi connectivity index (χ1) is 18.3. The van der Waals surface area contributed by atoms with Gasteiger partial charge in [-0.1, -0.05) is 17.7 Å². The maximum absolute atomic E-state index is 13.6. The molecular weight excluding hydrogens is 508 g/mol. The van der Waals surface area contributed by atoms with E-state index >= 15 is 0 Å². The normalized spacial score (nSPS) is 21.5. The van der Waals surface area contributed by atoms with Gasteiger partial charge in [0.2, 0.25) is 0 Å². The van der Waals surface area contributed by atoms with Crippen LogP contribution < -0.4 is 10.9 Å². The molecule has 0 unspecified atom stereocenters. The first-order valence-electron chi connectivity index (χ1n) is 12.9. The smallest absolute Gasteiger partial charge is 0.258 e. The zero-order valence-corrected chi connectivity index (χ0v) is 21.8. The van der Waals surface area contributed by atoms with Gasteiger partial charge in [0.15, 0.2) is 0 Å². The van der Waals surface area contributed by atoms with Gasteiger partial charge < -0.3 is 15.2 Å². The number of likely N-dealkylation sites (tertiary alicyclic amines) is 1. The molecule has 0 radical (unpaired) electrons. The van der Waals surface area contributed by atoms with Gasteiger partial charge in [0, 0.05) is 35.8 Å². The largest absolute Gasteiger partial charge is 0.381 e. The van der Waals surface area contributed by atoms with Gasteiger partial charge in [0.05, 0.1) is 27.3 Å². The zero-order chi connectivity index (χ0) is 26.4. The van der Waals surface area contributed by atoms with Crippen LogP contribution in [0.2, 0.25) is 5.02 Å². The van der Waals surface area contributed by atoms with Crippen LogP contribution in [0.1, 0.15) is 43.5 Å². The number of benzene rings is 2. The van der Waals surface area contributed by atoms with Crippen LogP contribution in [0.15, 0.2) is 53.5 Å². The van der Waals surface area contributed by atoms with Crippen molar-refractivity contribution in [3.63, 3.8) is 0 Å². The van der Waals surface area contributed by atoms with E-state index < -0.39 is 11.6 Å². The third kappa shape index (κ3) is 4.78. The van der Waals surface area contributed by atoms with E-state index in [1.54, 1.807) is 24.4 Å². The number of pyridine rings is 1. The zero-order valence-electron chi connectivity index (χ0n) is 21.0. The molecule has 3 heterocycles. The predicted molar refractivity (Wildman–Crippen MR) is 146 cm³/mol. The SMILES string of the molecule is CN1CCC[C@]12CC[C@@H](Nc1cc3nc(Cc4ccc(-c5cc(F)cc(F)c5)nc4)[nH]c(=O)c3cc1Cl)C2. The minimum atomic E-state index is -0.656. The van der Waals surface area contributed by atoms with E-state index in [2.05, 4.69) is 27.2 Å². The Labute approximate surface area is 224 Å². The Morgan fingerprint density at radius 2 is 1.97 bits per heavy atom. The molecule has 2 aromatic carbocycles. The average Bonchev–Trinajstić information content (AvgIpc) is 3.45. The molecule has 2 N–H and O–H groups in total. The summed E-state index contributed by atoms with van der Waals surface area (Å²) in [5.41, 5.74) is 3.00. The van der Waals surface area contributed by atoms with Crippen LogP contribution in [0.25, 0.3) is 22.2 Å². The van der Waals surface area contributed by atoms with Crippen LogP contribution in [0.3, 0.4) is 0 Å². The van der Waals surface area contributed by atoms with E-state index in [-0.39, 0.29) is 11.1 Å². The van der Waals surface area contributed by atoms with Crippen LogP contribution in [-0.4, -0.2) is 45.0 Å². The number of rotatable bonds is 5. The molecule has 2 atom stereocenters. The summed E-state index contributed by atoms with van der Waals surface area (Å²) in [4.78, 5) is 27.2. The van der Waals surface area contributed by atoms with Gasteiger partial charge in [0.25, 0.3) is 5.56 Å². The lowest BCUT2D eigenvalue weighted by atomic mass is 9.94. The van der Waals surface area contributed by atoms with Gasteiger partial charge in [-0.2, -0.15) is 0 Å². The highest BCUT2D eigenvalue weighted by molar-refractivity contribution is 6.34. The highest BCUT2D eigenvalue weighted by atomic mass is 35.5. The third-order valence-electron chi connectivity index (χ3n) is 8.09. The van der Waals surface area contributed by atoms with E-state index in [0.29, 0.717) is 45.5 Å². The summed E-state index contributed by atoms with van der Waals surface area (Å²) in [6, 6.07) is 10.7. The summed E-state index contributed by atoms with van der Waals surface area (Å²) < 4.78 is 27.1. The Hall–Kier alpha value is -3.36. The third-order valence-corrected chi connectivity index (χ3v) is 8.40. The summed E-state index contributed by atoms with van der Waals surface area (Å²) >= 11 is 6.58. The second-order valence-corrected chi connectivity index (χ2v) is 11.0. The van der Waals surface area contributed by atoms with E-state index in [4.69, 9.17) is 16.6 Å². The molecule has 2 aliphatic rings. The first-order valence-corrected chi connectivity index (χ1v) is 13.3. The number of halogens is 3. The number of aromatic amines is 1. The monoisotopic (exact) mass is 535 g/mol. The van der Waals surface area contributed by atoms with E-state index in [1.165, 1.54) is 31.4 Å². The van der Waals surface area contributed by atoms with Crippen molar-refractivity contribution in [2.75, 3.05) is 18.9 Å². The van der Waals surface area contributed by atoms with Crippen LogP contribution in [0.4, 0.5) is 14.5 Å². The molecule has 1 aliphatic carbocycles. The van der Waals surface area contributed by atoms with E-state index in [9.17, 15) is 13.6 Å². The van der Waals surface area contributed by atoms with Crippen molar-refractivity contribution in [2.24, 2.45) is 0 Å². The molecule has 9 heteroatoms. The topological polar surface area (TPSA) is 73.9 Å². The lowest BCUT2D eigenvalue weighted by Gasteiger charge is -2.32. The van der Waals surface area contributed by atoms with Crippen molar-refractivity contribution in [3.05, 3.63) is 87.1 Å². The van der Waals surface area contributed by atoms with Crippen molar-refractivity contribution >= 4 is 28.2 Å². The molecule has 6 rings (SSSR count). The quantitative estimate of drug-likeness (QED) is 0.331. The molecule has 0 bridgehead atoms. The lowest BCUT2D eigenvalue weighted by Crippen LogP contribution is -2.39. The number of hydrogen-bond acceptors (Lipinski definition) is 5. The number of anilines is 1. The van der Waals surface area contributed by atoms with Crippen molar-refractivity contribution in [2.45, 2.75) is 50.1 Å². The molecule has 4 aromatic rings. The summed E-state index contributed by atoms with van der Waals surface area (Å²) in [6.07, 6.45) is 7.79. The van der Waals surface area contributed by atoms with Gasteiger partial charge in [0.1, 0.15) is 17.5 Å². The Morgan fingerprint density at radius 1 is 1.16 bits per heavy atom. The predicted octanol–water partition coefficient (Wildman–Crippen LogP) is 5.94. The van der Waals surface area contributed by atoms with Gasteiger partial charge in [-0.15, -0.1) is 0 Å². The van der Waals surface area contributed by atoms with Crippen molar-refractivity contribution < 1.29 is 8.78 Å². The van der Waals surface area contributed by atoms with Gasteiger partial charge in [-0.3, -0.25) is 9.78 Å². The van der Waals surface area contributed by atoms with Crippen molar-refractivity contribution in [3.8, 4) is 11.3 Å². The fourth-order valence-electron chi connectivity index (χ4n) is 6.09. The Morgan fingerprint density at radius 3 is 2.68 bits per heavy atom. The maximum atomic E-state index is 13.6. The molecule has 2 fully saturated rings. The molecular formula is C29H28ClF2N5O. The average molecular weight is 536 g/mol. The molecule has 1 spiro atoms. The summed E-state index contributed by atoms with van der Waals surface area (Å²) in [5.74, 6) is -0.818. The van der Waals surface area contributed by atoms with Crippen LogP contribution >= 0.6 is 11.6 Å². The molecule has 1 aliphatic heterocycles. The Kier molecular flexibility index (Phi) is 6.40. The molecule has 1 saturated heterocycles. The van der Waals surface area contributed by atoms with Crippen LogP contribution in [-0.2, 0) is 6.42 Å². The van der Waals surface area contributed by atoms with E-state index in [1.807, 2.05) is 6.07 Å². The second kappa shape index (κ2) is 9.75. The van der Waals surface area contributed by atoms with E-state index in [0.717, 1.165) is 36.7 Å². The Bertz CT molecular complexity index is 1550. The maximum Gasteiger partial charge on any atom is 0.258 e. The molecule has 196 valence electrons. The molecule has 1 saturated carbocycles. The number of nitrogens with one attached hydrogen (secondary N) is 2. The fourth-order valence-corrected chi connectivity index (χ4v) is 6.31. The van der Waals surface area contributed by atoms with Crippen LogP contribution in [0.5, 0.6) is 0 Å². The molecule has 0 amide bonds. The second-order valence-electron chi connectivity index (χ2n) is 10.6. The van der Waals surface area contributed by atoms with Gasteiger partial charge >= 0.3 is 0 Å². The number of hydrogen-bond donors (Lipinski definition) is 2. The minimum Gasteiger partial charge on any atom is -0.381 e. The standard InChI is InChI=1S/C29H28ClF2N5O/c1-37-8-2-6-29(37)7-5-21(15-29)34-26-14-25-22(13-23(26)30)28(38)36-27(35-25)9-17-3-4-24(33-16-17)18-10-19(31)12-20(32)11-18/h3-4,10-14,16,21,34H,2,5-9,15H2,1H3,(H,35,36,38)/t21-,29-/m1/s1. The number of nitrogens with zero attached hydrogens (tertiary/aromatic N) is 3. The van der Waals surface area contributed by atoms with Gasteiger partial charge in [-0.25, -0.2) is 13.8 Å². The molecule has 2 aromatic heterocycles. The molecule has 6 nitrogen and oxygen atoms in total.